The second-order valence-electron chi connectivity index (χ2n) is 6.39. The molecule has 0 radical (unpaired) electrons. The molecule has 0 bridgehead atoms. The quantitative estimate of drug-likeness (QED) is 0.602. The molecule has 0 amide bonds. The lowest BCUT2D eigenvalue weighted by atomic mass is 10.2. The minimum absolute atomic E-state index is 0.160. The topological polar surface area (TPSA) is 90.2 Å². The Bertz CT molecular complexity index is 607. The van der Waals surface area contributed by atoms with Gasteiger partial charge in [0.1, 0.15) is 5.71 Å². The van der Waals surface area contributed by atoms with Crippen molar-refractivity contribution < 1.29 is 24.2 Å². The van der Waals surface area contributed by atoms with Crippen molar-refractivity contribution in [1.82, 2.24) is 4.98 Å². The lowest BCUT2D eigenvalue weighted by molar-refractivity contribution is -0.162. The molecule has 2 heterocycles. The van der Waals surface area contributed by atoms with Crippen LogP contribution in [0, 0.1) is 0 Å². The number of nitrogens with zero attached hydrogens (tertiary/aromatic N) is 2. The average Bonchev–Trinajstić information content (AvgIpc) is 3.16. The number of carbonyl (C=O) groups is 1. The molecule has 1 atom stereocenters. The van der Waals surface area contributed by atoms with Gasteiger partial charge in [0.05, 0.1) is 30.6 Å². The molecule has 1 aliphatic carbocycles. The van der Waals surface area contributed by atoms with Crippen molar-refractivity contribution in [3.63, 3.8) is 0 Å². The van der Waals surface area contributed by atoms with E-state index in [1.165, 1.54) is 31.2 Å². The first kappa shape index (κ1) is 17.8. The third-order valence-corrected chi connectivity index (χ3v) is 4.48. The van der Waals surface area contributed by atoms with Crippen LogP contribution in [0.15, 0.2) is 23.5 Å². The summed E-state index contributed by atoms with van der Waals surface area (Å²) in [5.41, 5.74) is 1.10. The highest BCUT2D eigenvalue weighted by Crippen LogP contribution is 2.21. The van der Waals surface area contributed by atoms with Crippen LogP contribution in [0.2, 0.25) is 0 Å². The number of ether oxygens (including phenoxy) is 2. The molecule has 0 spiro atoms. The molecule has 2 fully saturated rings. The van der Waals surface area contributed by atoms with Gasteiger partial charge >= 0.3 is 5.97 Å². The highest BCUT2D eigenvalue weighted by atomic mass is 16.8. The van der Waals surface area contributed by atoms with E-state index < -0.39 is 5.97 Å². The predicted octanol–water partition coefficient (Wildman–Crippen LogP) is 2.99. The fraction of sp³-hybridized carbons (Fsp3) is 0.611. The highest BCUT2D eigenvalue weighted by Gasteiger charge is 2.20. The maximum Gasteiger partial charge on any atom is 0.335 e. The van der Waals surface area contributed by atoms with Crippen molar-refractivity contribution in [2.24, 2.45) is 5.16 Å². The van der Waals surface area contributed by atoms with Crippen molar-refractivity contribution in [3.05, 3.63) is 29.6 Å². The standard InChI is InChI=1S/C18H24N2O5/c21-18(22)13-8-9-19-15(11-13)16(12-24-14-5-1-2-6-14)20-25-17-7-3-4-10-23-17/h8-9,11,14,17H,1-7,10,12H2,(H,21,22)/b20-16+. The summed E-state index contributed by atoms with van der Waals surface area (Å²) >= 11 is 0. The molecule has 1 aromatic rings. The number of pyridine rings is 1. The van der Waals surface area contributed by atoms with E-state index in [1.807, 2.05) is 0 Å². The van der Waals surface area contributed by atoms with Crippen molar-refractivity contribution >= 4 is 11.7 Å². The number of aromatic nitrogens is 1. The molecule has 1 aliphatic heterocycles. The van der Waals surface area contributed by atoms with Gasteiger partial charge in [-0.25, -0.2) is 4.79 Å². The molecule has 1 unspecified atom stereocenters. The first-order valence-electron chi connectivity index (χ1n) is 8.88. The van der Waals surface area contributed by atoms with Crippen molar-refractivity contribution in [3.8, 4) is 0 Å². The summed E-state index contributed by atoms with van der Waals surface area (Å²) in [5, 5.41) is 13.4. The minimum Gasteiger partial charge on any atom is -0.478 e. The third-order valence-electron chi connectivity index (χ3n) is 4.48. The van der Waals surface area contributed by atoms with E-state index in [1.54, 1.807) is 0 Å². The van der Waals surface area contributed by atoms with E-state index in [4.69, 9.17) is 14.3 Å². The summed E-state index contributed by atoms with van der Waals surface area (Å²) in [6.45, 7) is 0.911. The number of rotatable bonds is 7. The van der Waals surface area contributed by atoms with E-state index in [9.17, 15) is 9.90 Å². The summed E-state index contributed by atoms with van der Waals surface area (Å²) in [5.74, 6) is -1.00. The van der Waals surface area contributed by atoms with Gasteiger partial charge in [0.2, 0.25) is 6.29 Å². The molecular weight excluding hydrogens is 324 g/mol. The van der Waals surface area contributed by atoms with E-state index in [0.717, 1.165) is 32.1 Å². The molecule has 2 aliphatic rings. The van der Waals surface area contributed by atoms with Crippen LogP contribution < -0.4 is 0 Å². The monoisotopic (exact) mass is 348 g/mol. The van der Waals surface area contributed by atoms with E-state index in [0.29, 0.717) is 18.0 Å². The molecule has 1 saturated heterocycles. The first-order chi connectivity index (χ1) is 12.2. The van der Waals surface area contributed by atoms with Crippen molar-refractivity contribution in [2.75, 3.05) is 13.2 Å². The van der Waals surface area contributed by atoms with Crippen LogP contribution in [-0.2, 0) is 14.3 Å². The minimum atomic E-state index is -1.00. The van der Waals surface area contributed by atoms with Crippen LogP contribution in [0.25, 0.3) is 0 Å². The Balaban J connectivity index is 1.72. The second kappa shape index (κ2) is 8.92. The summed E-state index contributed by atoms with van der Waals surface area (Å²) < 4.78 is 11.4. The predicted molar refractivity (Wildman–Crippen MR) is 90.6 cm³/mol. The number of carboxylic acids is 1. The number of oxime groups is 1. The Labute approximate surface area is 147 Å². The van der Waals surface area contributed by atoms with Crippen LogP contribution in [-0.4, -0.2) is 47.4 Å². The Morgan fingerprint density at radius 3 is 2.80 bits per heavy atom. The zero-order valence-corrected chi connectivity index (χ0v) is 14.2. The van der Waals surface area contributed by atoms with E-state index in [2.05, 4.69) is 10.1 Å². The molecule has 7 heteroatoms. The van der Waals surface area contributed by atoms with Gasteiger partial charge in [0.25, 0.3) is 0 Å². The summed E-state index contributed by atoms with van der Waals surface area (Å²) in [4.78, 5) is 20.9. The van der Waals surface area contributed by atoms with Crippen LogP contribution in [0.4, 0.5) is 0 Å². The molecular formula is C18H24N2O5. The first-order valence-corrected chi connectivity index (χ1v) is 8.88. The fourth-order valence-electron chi connectivity index (χ4n) is 3.04. The van der Waals surface area contributed by atoms with Gasteiger partial charge < -0.3 is 19.4 Å². The summed E-state index contributed by atoms with van der Waals surface area (Å²) in [7, 11) is 0. The van der Waals surface area contributed by atoms with Gasteiger partial charge in [0, 0.05) is 12.6 Å². The molecule has 1 aromatic heterocycles. The smallest absolute Gasteiger partial charge is 0.335 e. The Morgan fingerprint density at radius 1 is 1.28 bits per heavy atom. The number of hydrogen-bond acceptors (Lipinski definition) is 6. The fourth-order valence-corrected chi connectivity index (χ4v) is 3.04. The van der Waals surface area contributed by atoms with Gasteiger partial charge in [-0.3, -0.25) is 4.98 Å². The maximum atomic E-state index is 11.2. The lowest BCUT2D eigenvalue weighted by Crippen LogP contribution is -2.23. The third kappa shape index (κ3) is 5.24. The average molecular weight is 348 g/mol. The van der Waals surface area contributed by atoms with Crippen LogP contribution >= 0.6 is 0 Å². The zero-order chi connectivity index (χ0) is 17.5. The largest absolute Gasteiger partial charge is 0.478 e. The molecule has 1 N–H and O–H groups in total. The Kier molecular flexibility index (Phi) is 6.36. The number of aromatic carboxylic acids is 1. The number of hydrogen-bond donors (Lipinski definition) is 1. The number of carboxylic acid groups (broad SMARTS) is 1. The maximum absolute atomic E-state index is 11.2. The second-order valence-corrected chi connectivity index (χ2v) is 6.39. The van der Waals surface area contributed by atoms with E-state index in [-0.39, 0.29) is 24.6 Å². The van der Waals surface area contributed by atoms with Gasteiger partial charge in [-0.1, -0.05) is 18.0 Å². The van der Waals surface area contributed by atoms with Crippen molar-refractivity contribution in [2.45, 2.75) is 57.3 Å². The van der Waals surface area contributed by atoms with Gasteiger partial charge in [0.15, 0.2) is 0 Å². The van der Waals surface area contributed by atoms with Crippen molar-refractivity contribution in [1.29, 1.82) is 0 Å². The van der Waals surface area contributed by atoms with E-state index >= 15 is 0 Å². The van der Waals surface area contributed by atoms with Gasteiger partial charge in [-0.2, -0.15) is 0 Å². The van der Waals surface area contributed by atoms with Crippen LogP contribution in [0.1, 0.15) is 61.0 Å². The lowest BCUT2D eigenvalue weighted by Gasteiger charge is -2.21. The van der Waals surface area contributed by atoms with Gasteiger partial charge in [-0.15, -0.1) is 0 Å². The van der Waals surface area contributed by atoms with Crippen LogP contribution in [0.5, 0.6) is 0 Å². The SMILES string of the molecule is O=C(O)c1ccnc(/C(COC2CCCC2)=N/OC2CCCCO2)c1. The molecule has 7 nitrogen and oxygen atoms in total. The highest BCUT2D eigenvalue weighted by molar-refractivity contribution is 6.01. The summed E-state index contributed by atoms with van der Waals surface area (Å²) in [6.07, 6.45) is 8.63. The molecule has 0 aromatic carbocycles. The molecule has 136 valence electrons. The molecule has 1 saturated carbocycles. The Hall–Kier alpha value is -1.99. The van der Waals surface area contributed by atoms with Crippen LogP contribution in [0.3, 0.4) is 0 Å². The molecule has 3 rings (SSSR count). The zero-order valence-electron chi connectivity index (χ0n) is 14.2. The Morgan fingerprint density at radius 2 is 2.08 bits per heavy atom. The molecule has 25 heavy (non-hydrogen) atoms. The summed E-state index contributed by atoms with van der Waals surface area (Å²) in [6, 6.07) is 2.94. The normalized spacial score (nSPS) is 22.1. The van der Waals surface area contributed by atoms with Gasteiger partial charge in [-0.05, 0) is 37.8 Å².